The highest BCUT2D eigenvalue weighted by Gasteiger charge is 2.54. The molecule has 22 heavy (non-hydrogen) atoms. The van der Waals surface area contributed by atoms with E-state index < -0.39 is 0 Å². The molecule has 2 heterocycles. The Labute approximate surface area is 129 Å². The fraction of sp³-hybridized carbons (Fsp3) is 0.471. The molecule has 1 amide bonds. The summed E-state index contributed by atoms with van der Waals surface area (Å²) in [5.74, 6) is 0.0978. The number of nitrogens with one attached hydrogen (secondary N) is 1. The molecule has 114 valence electrons. The minimum Gasteiger partial charge on any atom is -0.350 e. The van der Waals surface area contributed by atoms with Crippen molar-refractivity contribution in [3.63, 3.8) is 0 Å². The number of aromatic nitrogens is 2. The highest BCUT2D eigenvalue weighted by molar-refractivity contribution is 5.92. The zero-order chi connectivity index (χ0) is 15.0. The van der Waals surface area contributed by atoms with E-state index >= 15 is 0 Å². The van der Waals surface area contributed by atoms with Gasteiger partial charge < -0.3 is 9.84 Å². The van der Waals surface area contributed by atoms with Crippen molar-refractivity contribution in [2.75, 3.05) is 0 Å². The average molecular weight is 297 g/mol. The Bertz CT molecular complexity index is 674. The van der Waals surface area contributed by atoms with E-state index in [4.69, 9.17) is 4.52 Å². The van der Waals surface area contributed by atoms with Crippen molar-refractivity contribution >= 4 is 5.91 Å². The van der Waals surface area contributed by atoms with E-state index in [9.17, 15) is 4.79 Å². The van der Waals surface area contributed by atoms with Crippen LogP contribution in [0.25, 0.3) is 11.4 Å². The first-order chi connectivity index (χ1) is 10.8. The van der Waals surface area contributed by atoms with Gasteiger partial charge in [-0.25, -0.2) is 0 Å². The summed E-state index contributed by atoms with van der Waals surface area (Å²) in [5.41, 5.74) is 1.67. The molecule has 0 aliphatic heterocycles. The number of hydrogen-bond donors (Lipinski definition) is 1. The summed E-state index contributed by atoms with van der Waals surface area (Å²) in [6, 6.07) is 7.54. The Balaban J connectivity index is 1.43. The molecule has 1 N–H and O–H groups in total. The highest BCUT2D eigenvalue weighted by Crippen LogP contribution is 2.56. The SMILES string of the molecule is O=C(NC1CC12CCCCC2)c1cc(-c2ccccn2)no1. The molecule has 1 atom stereocenters. The minimum atomic E-state index is -0.165. The summed E-state index contributed by atoms with van der Waals surface area (Å²) in [6.45, 7) is 0. The molecule has 1 unspecified atom stereocenters. The third-order valence-corrected chi connectivity index (χ3v) is 5.01. The van der Waals surface area contributed by atoms with Gasteiger partial charge in [0.1, 0.15) is 5.69 Å². The van der Waals surface area contributed by atoms with Crippen LogP contribution in [0.2, 0.25) is 0 Å². The van der Waals surface area contributed by atoms with Crippen LogP contribution in [0.1, 0.15) is 49.1 Å². The van der Waals surface area contributed by atoms with Crippen molar-refractivity contribution < 1.29 is 9.32 Å². The number of carbonyl (C=O) groups excluding carboxylic acids is 1. The number of pyridine rings is 1. The predicted octanol–water partition coefficient (Wildman–Crippen LogP) is 3.19. The van der Waals surface area contributed by atoms with Gasteiger partial charge in [-0.3, -0.25) is 9.78 Å². The molecule has 0 aromatic carbocycles. The van der Waals surface area contributed by atoms with Gasteiger partial charge in [-0.05, 0) is 36.8 Å². The van der Waals surface area contributed by atoms with Crippen molar-refractivity contribution in [1.29, 1.82) is 0 Å². The van der Waals surface area contributed by atoms with Crippen LogP contribution in [0, 0.1) is 5.41 Å². The quantitative estimate of drug-likeness (QED) is 0.944. The van der Waals surface area contributed by atoms with Crippen molar-refractivity contribution in [3.05, 3.63) is 36.2 Å². The van der Waals surface area contributed by atoms with E-state index in [2.05, 4.69) is 15.5 Å². The summed E-state index contributed by atoms with van der Waals surface area (Å²) >= 11 is 0. The Kier molecular flexibility index (Phi) is 3.21. The molecule has 5 nitrogen and oxygen atoms in total. The first-order valence-corrected chi connectivity index (χ1v) is 7.96. The second kappa shape index (κ2) is 5.23. The number of amides is 1. The summed E-state index contributed by atoms with van der Waals surface area (Å²) in [4.78, 5) is 16.5. The minimum absolute atomic E-state index is 0.165. The van der Waals surface area contributed by atoms with Crippen molar-refractivity contribution in [2.45, 2.75) is 44.6 Å². The lowest BCUT2D eigenvalue weighted by molar-refractivity contribution is 0.0905. The third-order valence-electron chi connectivity index (χ3n) is 5.01. The number of rotatable bonds is 3. The third kappa shape index (κ3) is 2.40. The Morgan fingerprint density at radius 1 is 1.23 bits per heavy atom. The molecule has 0 saturated heterocycles. The van der Waals surface area contributed by atoms with Gasteiger partial charge in [0.2, 0.25) is 5.76 Å². The lowest BCUT2D eigenvalue weighted by atomic mass is 9.86. The second-order valence-electron chi connectivity index (χ2n) is 6.44. The summed E-state index contributed by atoms with van der Waals surface area (Å²) in [7, 11) is 0. The van der Waals surface area contributed by atoms with Crippen LogP contribution in [0.4, 0.5) is 0 Å². The van der Waals surface area contributed by atoms with Gasteiger partial charge in [0, 0.05) is 18.3 Å². The molecule has 2 saturated carbocycles. The monoisotopic (exact) mass is 297 g/mol. The molecule has 0 radical (unpaired) electrons. The lowest BCUT2D eigenvalue weighted by Gasteiger charge is -2.22. The topological polar surface area (TPSA) is 68.0 Å². The summed E-state index contributed by atoms with van der Waals surface area (Å²) in [5, 5.41) is 7.04. The lowest BCUT2D eigenvalue weighted by Crippen LogP contribution is -2.30. The molecule has 2 aromatic rings. The van der Waals surface area contributed by atoms with Crippen LogP contribution in [0.15, 0.2) is 35.0 Å². The van der Waals surface area contributed by atoms with E-state index in [0.29, 0.717) is 22.8 Å². The first-order valence-electron chi connectivity index (χ1n) is 7.96. The van der Waals surface area contributed by atoms with Crippen LogP contribution < -0.4 is 5.32 Å². The van der Waals surface area contributed by atoms with E-state index in [1.807, 2.05) is 18.2 Å². The largest absolute Gasteiger partial charge is 0.350 e. The Morgan fingerprint density at radius 2 is 2.09 bits per heavy atom. The van der Waals surface area contributed by atoms with Gasteiger partial charge in [-0.2, -0.15) is 0 Å². The van der Waals surface area contributed by atoms with Gasteiger partial charge in [0.25, 0.3) is 5.91 Å². The van der Waals surface area contributed by atoms with Crippen LogP contribution in [0.3, 0.4) is 0 Å². The molecule has 0 bridgehead atoms. The standard InChI is InChI=1S/C17H19N3O2/c21-16(19-15-11-17(15)7-3-1-4-8-17)14-10-13(20-22-14)12-6-2-5-9-18-12/h2,5-6,9-10,15H,1,3-4,7-8,11H2,(H,19,21). The van der Waals surface area contributed by atoms with Crippen molar-refractivity contribution in [1.82, 2.24) is 15.5 Å². The zero-order valence-electron chi connectivity index (χ0n) is 12.4. The van der Waals surface area contributed by atoms with Gasteiger partial charge >= 0.3 is 0 Å². The van der Waals surface area contributed by atoms with Gasteiger partial charge in [0.05, 0.1) is 5.69 Å². The maximum atomic E-state index is 12.3. The molecule has 2 aliphatic carbocycles. The molecule has 2 fully saturated rings. The molecule has 4 rings (SSSR count). The highest BCUT2D eigenvalue weighted by atomic mass is 16.5. The molecular formula is C17H19N3O2. The molecule has 1 spiro atoms. The molecular weight excluding hydrogens is 278 g/mol. The van der Waals surface area contributed by atoms with Crippen molar-refractivity contribution in [2.24, 2.45) is 5.41 Å². The molecule has 2 aliphatic rings. The van der Waals surface area contributed by atoms with E-state index in [1.165, 1.54) is 32.1 Å². The summed E-state index contributed by atoms with van der Waals surface area (Å²) < 4.78 is 5.18. The molecule has 5 heteroatoms. The first kappa shape index (κ1) is 13.5. The van der Waals surface area contributed by atoms with Crippen LogP contribution >= 0.6 is 0 Å². The van der Waals surface area contributed by atoms with E-state index in [-0.39, 0.29) is 11.7 Å². The van der Waals surface area contributed by atoms with E-state index in [1.54, 1.807) is 12.3 Å². The zero-order valence-corrected chi connectivity index (χ0v) is 12.4. The number of nitrogens with zero attached hydrogens (tertiary/aromatic N) is 2. The van der Waals surface area contributed by atoms with Crippen LogP contribution in [0.5, 0.6) is 0 Å². The second-order valence-corrected chi connectivity index (χ2v) is 6.44. The van der Waals surface area contributed by atoms with Crippen LogP contribution in [-0.4, -0.2) is 22.1 Å². The maximum absolute atomic E-state index is 12.3. The summed E-state index contributed by atoms with van der Waals surface area (Å²) in [6.07, 6.45) is 9.21. The van der Waals surface area contributed by atoms with Gasteiger partial charge in [0.15, 0.2) is 0 Å². The van der Waals surface area contributed by atoms with E-state index in [0.717, 1.165) is 6.42 Å². The number of carbonyl (C=O) groups is 1. The normalized spacial score (nSPS) is 22.5. The fourth-order valence-electron chi connectivity index (χ4n) is 3.61. The fourth-order valence-corrected chi connectivity index (χ4v) is 3.61. The Hall–Kier alpha value is -2.17. The average Bonchev–Trinajstić information content (AvgIpc) is 3.01. The predicted molar refractivity (Wildman–Crippen MR) is 81.1 cm³/mol. The smallest absolute Gasteiger partial charge is 0.290 e. The van der Waals surface area contributed by atoms with Crippen LogP contribution in [-0.2, 0) is 0 Å². The van der Waals surface area contributed by atoms with Gasteiger partial charge in [-0.1, -0.05) is 30.5 Å². The van der Waals surface area contributed by atoms with Gasteiger partial charge in [-0.15, -0.1) is 0 Å². The Morgan fingerprint density at radius 3 is 2.86 bits per heavy atom. The molecule has 2 aromatic heterocycles. The van der Waals surface area contributed by atoms with Crippen molar-refractivity contribution in [3.8, 4) is 11.4 Å². The maximum Gasteiger partial charge on any atom is 0.290 e. The number of hydrogen-bond acceptors (Lipinski definition) is 4.